The van der Waals surface area contributed by atoms with Crippen LogP contribution >= 0.6 is 11.6 Å². The number of halogens is 1. The molecule has 0 saturated heterocycles. The van der Waals surface area contributed by atoms with Crippen molar-refractivity contribution in [3.63, 3.8) is 0 Å². The van der Waals surface area contributed by atoms with Gasteiger partial charge in [-0.25, -0.2) is 4.79 Å². The maximum atomic E-state index is 12.5. The summed E-state index contributed by atoms with van der Waals surface area (Å²) < 4.78 is 9.91. The second-order valence-corrected chi connectivity index (χ2v) is 6.39. The minimum absolute atomic E-state index is 0.200. The van der Waals surface area contributed by atoms with Crippen LogP contribution in [0.1, 0.15) is 22.8 Å². The van der Waals surface area contributed by atoms with Gasteiger partial charge in [0, 0.05) is 24.6 Å². The lowest BCUT2D eigenvalue weighted by molar-refractivity contribution is -0.142. The van der Waals surface area contributed by atoms with Gasteiger partial charge >= 0.3 is 5.97 Å². The fraction of sp³-hybridized carbons (Fsp3) is 0.250. The van der Waals surface area contributed by atoms with Crippen molar-refractivity contribution in [1.29, 1.82) is 0 Å². The van der Waals surface area contributed by atoms with Crippen molar-refractivity contribution in [1.82, 2.24) is 5.32 Å². The third-order valence-corrected chi connectivity index (χ3v) is 4.21. The highest BCUT2D eigenvalue weighted by Crippen LogP contribution is 2.25. The number of nitrogens with one attached hydrogen (secondary N) is 2. The zero-order valence-corrected chi connectivity index (χ0v) is 16.5. The minimum Gasteiger partial charge on any atom is -0.495 e. The molecule has 28 heavy (non-hydrogen) atoms. The molecule has 0 fully saturated rings. The third-order valence-electron chi connectivity index (χ3n) is 3.91. The van der Waals surface area contributed by atoms with E-state index in [1.165, 1.54) is 21.1 Å². The second kappa shape index (κ2) is 9.75. The van der Waals surface area contributed by atoms with E-state index in [4.69, 9.17) is 21.1 Å². The van der Waals surface area contributed by atoms with Crippen molar-refractivity contribution in [2.75, 3.05) is 19.5 Å². The molecular weight excluding hydrogens is 384 g/mol. The number of rotatable bonds is 7. The van der Waals surface area contributed by atoms with Crippen LogP contribution in [-0.2, 0) is 20.7 Å². The maximum Gasteiger partial charge on any atom is 0.328 e. The van der Waals surface area contributed by atoms with Gasteiger partial charge < -0.3 is 20.1 Å². The predicted octanol–water partition coefficient (Wildman–Crippen LogP) is 2.82. The van der Waals surface area contributed by atoms with Crippen LogP contribution in [0, 0.1) is 0 Å². The monoisotopic (exact) mass is 404 g/mol. The number of amides is 2. The van der Waals surface area contributed by atoms with Gasteiger partial charge in [0.25, 0.3) is 5.91 Å². The summed E-state index contributed by atoms with van der Waals surface area (Å²) in [6, 6.07) is 10.5. The molecule has 0 aliphatic heterocycles. The van der Waals surface area contributed by atoms with Gasteiger partial charge in [-0.05, 0) is 42.0 Å². The van der Waals surface area contributed by atoms with Crippen LogP contribution in [0.5, 0.6) is 5.75 Å². The Morgan fingerprint density at radius 1 is 1.07 bits per heavy atom. The SMILES string of the molecule is COC(=O)[C@H](Cc1ccc(OC)c(Cl)c1)NC(=O)c1ccc(NC(C)=O)cc1. The van der Waals surface area contributed by atoms with E-state index in [1.54, 1.807) is 42.5 Å². The first-order valence-electron chi connectivity index (χ1n) is 8.42. The van der Waals surface area contributed by atoms with Gasteiger partial charge in [0.2, 0.25) is 5.91 Å². The summed E-state index contributed by atoms with van der Waals surface area (Å²) in [6.07, 6.45) is 0.200. The fourth-order valence-corrected chi connectivity index (χ4v) is 2.84. The predicted molar refractivity (Wildman–Crippen MR) is 106 cm³/mol. The van der Waals surface area contributed by atoms with Crippen LogP contribution in [-0.4, -0.2) is 38.0 Å². The number of hydrogen-bond donors (Lipinski definition) is 2. The molecule has 0 spiro atoms. The summed E-state index contributed by atoms with van der Waals surface area (Å²) in [5, 5.41) is 5.69. The lowest BCUT2D eigenvalue weighted by atomic mass is 10.0. The first kappa shape index (κ1) is 21.2. The van der Waals surface area contributed by atoms with Gasteiger partial charge in [0.1, 0.15) is 11.8 Å². The number of ether oxygens (including phenoxy) is 2. The van der Waals surface area contributed by atoms with E-state index in [-0.39, 0.29) is 12.3 Å². The molecular formula is C20H21ClN2O5. The highest BCUT2D eigenvalue weighted by molar-refractivity contribution is 6.32. The van der Waals surface area contributed by atoms with Gasteiger partial charge in [-0.3, -0.25) is 9.59 Å². The molecule has 0 radical (unpaired) electrons. The van der Waals surface area contributed by atoms with E-state index in [9.17, 15) is 14.4 Å². The van der Waals surface area contributed by atoms with Crippen molar-refractivity contribution >= 4 is 35.1 Å². The van der Waals surface area contributed by atoms with Crippen LogP contribution in [0.25, 0.3) is 0 Å². The van der Waals surface area contributed by atoms with Crippen LogP contribution < -0.4 is 15.4 Å². The molecule has 0 bridgehead atoms. The van der Waals surface area contributed by atoms with Gasteiger partial charge in [0.05, 0.1) is 19.2 Å². The Labute approximate surface area is 168 Å². The minimum atomic E-state index is -0.892. The smallest absolute Gasteiger partial charge is 0.328 e. The van der Waals surface area contributed by atoms with Crippen molar-refractivity contribution in [2.45, 2.75) is 19.4 Å². The molecule has 0 saturated carbocycles. The topological polar surface area (TPSA) is 93.7 Å². The summed E-state index contributed by atoms with van der Waals surface area (Å²) in [7, 11) is 2.76. The summed E-state index contributed by atoms with van der Waals surface area (Å²) >= 11 is 6.12. The van der Waals surface area contributed by atoms with Crippen LogP contribution in [0.15, 0.2) is 42.5 Å². The molecule has 2 N–H and O–H groups in total. The number of benzene rings is 2. The zero-order chi connectivity index (χ0) is 20.7. The van der Waals surface area contributed by atoms with Crippen LogP contribution in [0.2, 0.25) is 5.02 Å². The molecule has 2 aromatic carbocycles. The van der Waals surface area contributed by atoms with E-state index in [0.29, 0.717) is 22.0 Å². The maximum absolute atomic E-state index is 12.5. The zero-order valence-electron chi connectivity index (χ0n) is 15.7. The Bertz CT molecular complexity index is 867. The molecule has 0 aliphatic rings. The average Bonchev–Trinajstić information content (AvgIpc) is 2.67. The standard InChI is InChI=1S/C20H21ClN2O5/c1-12(24)22-15-7-5-14(6-8-15)19(25)23-17(20(26)28-3)11-13-4-9-18(27-2)16(21)10-13/h4-10,17H,11H2,1-3H3,(H,22,24)(H,23,25)/t17-/m0/s1. The quantitative estimate of drug-likeness (QED) is 0.692. The lowest BCUT2D eigenvalue weighted by Crippen LogP contribution is -2.43. The normalized spacial score (nSPS) is 11.3. The number of hydrogen-bond acceptors (Lipinski definition) is 5. The lowest BCUT2D eigenvalue weighted by Gasteiger charge is -2.17. The summed E-state index contributed by atoms with van der Waals surface area (Å²) in [4.78, 5) is 35.7. The average molecular weight is 405 g/mol. The van der Waals surface area contributed by atoms with E-state index in [2.05, 4.69) is 10.6 Å². The van der Waals surface area contributed by atoms with E-state index in [0.717, 1.165) is 5.56 Å². The molecule has 2 amide bonds. The Hall–Kier alpha value is -3.06. The molecule has 2 rings (SSSR count). The van der Waals surface area contributed by atoms with Crippen molar-refractivity contribution < 1.29 is 23.9 Å². The highest BCUT2D eigenvalue weighted by Gasteiger charge is 2.23. The summed E-state index contributed by atoms with van der Waals surface area (Å²) in [5.41, 5.74) is 1.65. The number of esters is 1. The van der Waals surface area contributed by atoms with Gasteiger partial charge in [0.15, 0.2) is 0 Å². The highest BCUT2D eigenvalue weighted by atomic mass is 35.5. The largest absolute Gasteiger partial charge is 0.495 e. The van der Waals surface area contributed by atoms with Gasteiger partial charge in [-0.15, -0.1) is 0 Å². The molecule has 148 valence electrons. The Balaban J connectivity index is 2.13. The number of methoxy groups -OCH3 is 2. The van der Waals surface area contributed by atoms with Crippen molar-refractivity contribution in [3.05, 3.63) is 58.6 Å². The van der Waals surface area contributed by atoms with Crippen molar-refractivity contribution in [2.24, 2.45) is 0 Å². The Morgan fingerprint density at radius 2 is 1.75 bits per heavy atom. The summed E-state index contributed by atoms with van der Waals surface area (Å²) in [5.74, 6) is -0.705. The number of carbonyl (C=O) groups is 3. The number of carbonyl (C=O) groups excluding carboxylic acids is 3. The molecule has 0 heterocycles. The van der Waals surface area contributed by atoms with Crippen LogP contribution in [0.4, 0.5) is 5.69 Å². The van der Waals surface area contributed by atoms with Gasteiger partial charge in [-0.1, -0.05) is 17.7 Å². The van der Waals surface area contributed by atoms with E-state index < -0.39 is 17.9 Å². The molecule has 2 aromatic rings. The first-order chi connectivity index (χ1) is 13.3. The summed E-state index contributed by atoms with van der Waals surface area (Å²) in [6.45, 7) is 1.40. The van der Waals surface area contributed by atoms with Crippen molar-refractivity contribution in [3.8, 4) is 5.75 Å². The fourth-order valence-electron chi connectivity index (χ4n) is 2.56. The Kier molecular flexibility index (Phi) is 7.40. The first-order valence-corrected chi connectivity index (χ1v) is 8.80. The van der Waals surface area contributed by atoms with Crippen LogP contribution in [0.3, 0.4) is 0 Å². The van der Waals surface area contributed by atoms with Gasteiger partial charge in [-0.2, -0.15) is 0 Å². The molecule has 0 unspecified atom stereocenters. The van der Waals surface area contributed by atoms with E-state index in [1.807, 2.05) is 0 Å². The molecule has 7 nitrogen and oxygen atoms in total. The molecule has 1 atom stereocenters. The Morgan fingerprint density at radius 3 is 2.29 bits per heavy atom. The second-order valence-electron chi connectivity index (χ2n) is 5.98. The molecule has 8 heteroatoms. The molecule has 0 aliphatic carbocycles. The third kappa shape index (κ3) is 5.72. The van der Waals surface area contributed by atoms with E-state index >= 15 is 0 Å². The molecule has 0 aromatic heterocycles. The number of anilines is 1.